The lowest BCUT2D eigenvalue weighted by Crippen LogP contribution is -2.50. The summed E-state index contributed by atoms with van der Waals surface area (Å²) in [5, 5.41) is 0. The third kappa shape index (κ3) is 3.95. The molecule has 1 amide bonds. The molecule has 0 radical (unpaired) electrons. The Morgan fingerprint density at radius 1 is 1.30 bits per heavy atom. The number of hydrogen-bond acceptors (Lipinski definition) is 3. The average molecular weight is 282 g/mol. The van der Waals surface area contributed by atoms with Gasteiger partial charge in [-0.1, -0.05) is 0 Å². The smallest absolute Gasteiger partial charge is 0.222 e. The lowest BCUT2D eigenvalue weighted by atomic mass is 9.80. The van der Waals surface area contributed by atoms with E-state index in [4.69, 9.17) is 10.5 Å². The standard InChI is InChI=1S/C16H30N2O2/c1-16(20-2)8-3-9-18(12-16)15(19)10-13-4-6-14(11-17)7-5-13/h13-14H,3-12,17H2,1-2H3. The van der Waals surface area contributed by atoms with Gasteiger partial charge in [-0.3, -0.25) is 4.79 Å². The van der Waals surface area contributed by atoms with Crippen LogP contribution in [0.25, 0.3) is 0 Å². The van der Waals surface area contributed by atoms with Crippen LogP contribution in [-0.2, 0) is 9.53 Å². The van der Waals surface area contributed by atoms with Gasteiger partial charge < -0.3 is 15.4 Å². The summed E-state index contributed by atoms with van der Waals surface area (Å²) < 4.78 is 5.57. The van der Waals surface area contributed by atoms with Crippen LogP contribution >= 0.6 is 0 Å². The first-order valence-corrected chi connectivity index (χ1v) is 8.09. The van der Waals surface area contributed by atoms with Crippen LogP contribution in [0.2, 0.25) is 0 Å². The van der Waals surface area contributed by atoms with Gasteiger partial charge in [-0.15, -0.1) is 0 Å². The fourth-order valence-corrected chi connectivity index (χ4v) is 3.63. The predicted molar refractivity (Wildman–Crippen MR) is 80.3 cm³/mol. The highest BCUT2D eigenvalue weighted by Crippen LogP contribution is 2.31. The first-order chi connectivity index (χ1) is 9.56. The SMILES string of the molecule is COC1(C)CCCN(C(=O)CC2CCC(CN)CC2)C1. The molecule has 1 atom stereocenters. The molecule has 2 N–H and O–H groups in total. The van der Waals surface area contributed by atoms with Gasteiger partial charge in [-0.25, -0.2) is 0 Å². The Morgan fingerprint density at radius 2 is 1.95 bits per heavy atom. The van der Waals surface area contributed by atoms with E-state index >= 15 is 0 Å². The number of carbonyl (C=O) groups is 1. The molecule has 2 rings (SSSR count). The number of nitrogens with zero attached hydrogens (tertiary/aromatic N) is 1. The third-order valence-corrected chi connectivity index (χ3v) is 5.27. The lowest BCUT2D eigenvalue weighted by molar-refractivity contribution is -0.140. The van der Waals surface area contributed by atoms with Crippen molar-refractivity contribution in [3.63, 3.8) is 0 Å². The van der Waals surface area contributed by atoms with Gasteiger partial charge in [0, 0.05) is 26.6 Å². The number of piperidine rings is 1. The summed E-state index contributed by atoms with van der Waals surface area (Å²) >= 11 is 0. The second-order valence-corrected chi connectivity index (χ2v) is 6.90. The molecule has 1 aliphatic heterocycles. The number of hydrogen-bond donors (Lipinski definition) is 1. The number of methoxy groups -OCH3 is 1. The predicted octanol–water partition coefficient (Wildman–Crippen LogP) is 2.17. The van der Waals surface area contributed by atoms with Crippen LogP contribution in [0.15, 0.2) is 0 Å². The first-order valence-electron chi connectivity index (χ1n) is 8.09. The van der Waals surface area contributed by atoms with Crippen LogP contribution in [0.5, 0.6) is 0 Å². The van der Waals surface area contributed by atoms with E-state index in [1.54, 1.807) is 7.11 Å². The molecule has 0 aromatic heterocycles. The maximum absolute atomic E-state index is 12.5. The van der Waals surface area contributed by atoms with Crippen molar-refractivity contribution in [1.82, 2.24) is 4.90 Å². The van der Waals surface area contributed by atoms with Crippen molar-refractivity contribution >= 4 is 5.91 Å². The van der Waals surface area contributed by atoms with Crippen molar-refractivity contribution in [2.24, 2.45) is 17.6 Å². The van der Waals surface area contributed by atoms with Gasteiger partial charge in [-0.2, -0.15) is 0 Å². The van der Waals surface area contributed by atoms with E-state index in [9.17, 15) is 4.79 Å². The number of likely N-dealkylation sites (tertiary alicyclic amines) is 1. The third-order valence-electron chi connectivity index (χ3n) is 5.27. The quantitative estimate of drug-likeness (QED) is 0.860. The van der Waals surface area contributed by atoms with E-state index in [0.29, 0.717) is 17.7 Å². The normalized spacial score (nSPS) is 35.0. The van der Waals surface area contributed by atoms with Crippen LogP contribution in [0.3, 0.4) is 0 Å². The Hall–Kier alpha value is -0.610. The Kier molecular flexibility index (Phi) is 5.44. The summed E-state index contributed by atoms with van der Waals surface area (Å²) in [7, 11) is 1.75. The van der Waals surface area contributed by atoms with Crippen LogP contribution in [0.4, 0.5) is 0 Å². The van der Waals surface area contributed by atoms with Gasteiger partial charge in [0.25, 0.3) is 0 Å². The summed E-state index contributed by atoms with van der Waals surface area (Å²) in [5.41, 5.74) is 5.58. The maximum atomic E-state index is 12.5. The minimum atomic E-state index is -0.148. The Morgan fingerprint density at radius 3 is 2.55 bits per heavy atom. The van der Waals surface area contributed by atoms with Gasteiger partial charge in [-0.05, 0) is 63.8 Å². The average Bonchev–Trinajstić information content (AvgIpc) is 2.48. The van der Waals surface area contributed by atoms with Crippen molar-refractivity contribution in [3.05, 3.63) is 0 Å². The molecule has 4 heteroatoms. The van der Waals surface area contributed by atoms with Crippen molar-refractivity contribution in [1.29, 1.82) is 0 Å². The van der Waals surface area contributed by atoms with Crippen molar-refractivity contribution in [2.45, 2.75) is 57.5 Å². The zero-order valence-electron chi connectivity index (χ0n) is 13.1. The summed E-state index contributed by atoms with van der Waals surface area (Å²) in [5.74, 6) is 1.58. The first kappa shape index (κ1) is 15.8. The maximum Gasteiger partial charge on any atom is 0.222 e. The van der Waals surface area contributed by atoms with E-state index in [1.165, 1.54) is 25.7 Å². The van der Waals surface area contributed by atoms with E-state index in [-0.39, 0.29) is 5.60 Å². The number of carbonyl (C=O) groups excluding carboxylic acids is 1. The highest BCUT2D eigenvalue weighted by Gasteiger charge is 2.33. The summed E-state index contributed by atoms with van der Waals surface area (Å²) in [6, 6.07) is 0. The molecule has 2 aliphatic rings. The summed E-state index contributed by atoms with van der Waals surface area (Å²) in [4.78, 5) is 14.5. The molecule has 1 unspecified atom stereocenters. The zero-order valence-corrected chi connectivity index (χ0v) is 13.1. The molecule has 0 aromatic rings. The largest absolute Gasteiger partial charge is 0.377 e. The molecule has 0 bridgehead atoms. The van der Waals surface area contributed by atoms with Gasteiger partial charge >= 0.3 is 0 Å². The number of rotatable bonds is 4. The zero-order chi connectivity index (χ0) is 14.6. The van der Waals surface area contributed by atoms with Crippen LogP contribution < -0.4 is 5.73 Å². The lowest BCUT2D eigenvalue weighted by Gasteiger charge is -2.40. The second-order valence-electron chi connectivity index (χ2n) is 6.90. The molecular formula is C16H30N2O2. The van der Waals surface area contributed by atoms with E-state index < -0.39 is 0 Å². The molecule has 0 spiro atoms. The summed E-state index contributed by atoms with van der Waals surface area (Å²) in [6.07, 6.45) is 7.56. The molecule has 1 saturated heterocycles. The molecule has 2 fully saturated rings. The summed E-state index contributed by atoms with van der Waals surface area (Å²) in [6.45, 7) is 4.56. The number of nitrogens with two attached hydrogens (primary N) is 1. The molecule has 4 nitrogen and oxygen atoms in total. The molecular weight excluding hydrogens is 252 g/mol. The van der Waals surface area contributed by atoms with E-state index in [1.807, 2.05) is 4.90 Å². The van der Waals surface area contributed by atoms with Gasteiger partial charge in [0.1, 0.15) is 0 Å². The van der Waals surface area contributed by atoms with Crippen LogP contribution in [0.1, 0.15) is 51.9 Å². The molecule has 1 saturated carbocycles. The number of amides is 1. The highest BCUT2D eigenvalue weighted by molar-refractivity contribution is 5.76. The monoisotopic (exact) mass is 282 g/mol. The van der Waals surface area contributed by atoms with Crippen LogP contribution in [-0.4, -0.2) is 43.2 Å². The van der Waals surface area contributed by atoms with Crippen molar-refractivity contribution < 1.29 is 9.53 Å². The number of ether oxygens (including phenoxy) is 1. The van der Waals surface area contributed by atoms with Gasteiger partial charge in [0.15, 0.2) is 0 Å². The molecule has 1 aliphatic carbocycles. The van der Waals surface area contributed by atoms with Crippen LogP contribution in [0, 0.1) is 11.8 Å². The fourth-order valence-electron chi connectivity index (χ4n) is 3.63. The highest BCUT2D eigenvalue weighted by atomic mass is 16.5. The molecule has 116 valence electrons. The minimum Gasteiger partial charge on any atom is -0.377 e. The fraction of sp³-hybridized carbons (Fsp3) is 0.938. The van der Waals surface area contributed by atoms with Gasteiger partial charge in [0.2, 0.25) is 5.91 Å². The molecule has 0 aromatic carbocycles. The Bertz CT molecular complexity index is 326. The second kappa shape index (κ2) is 6.90. The molecule has 20 heavy (non-hydrogen) atoms. The van der Waals surface area contributed by atoms with Crippen molar-refractivity contribution in [3.8, 4) is 0 Å². The van der Waals surface area contributed by atoms with E-state index in [2.05, 4.69) is 6.92 Å². The Labute approximate surface area is 123 Å². The van der Waals surface area contributed by atoms with Gasteiger partial charge in [0.05, 0.1) is 5.60 Å². The molecule has 1 heterocycles. The minimum absolute atomic E-state index is 0.148. The van der Waals surface area contributed by atoms with Crippen molar-refractivity contribution in [2.75, 3.05) is 26.7 Å². The Balaban J connectivity index is 1.80. The van der Waals surface area contributed by atoms with E-state index in [0.717, 1.165) is 38.9 Å². The topological polar surface area (TPSA) is 55.6 Å².